The standard InChI is InChI=1S/C19H28F5NO4Si/c1-10(2)27-30(28-11(3)4,29-12(5)6)9-7-8-25-19(26)13-14(20)16(22)18(24)17(23)15(13)21/h10-12H,7-9H2,1-6H3,(H,25,26). The number of benzene rings is 1. The van der Waals surface area contributed by atoms with Crippen LogP contribution in [0.5, 0.6) is 0 Å². The van der Waals surface area contributed by atoms with Crippen molar-refractivity contribution in [2.45, 2.75) is 72.3 Å². The number of carbonyl (C=O) groups is 1. The summed E-state index contributed by atoms with van der Waals surface area (Å²) in [4.78, 5) is 12.0. The molecule has 0 radical (unpaired) electrons. The third kappa shape index (κ3) is 7.00. The number of hydrogen-bond acceptors (Lipinski definition) is 4. The highest BCUT2D eigenvalue weighted by molar-refractivity contribution is 6.60. The largest absolute Gasteiger partial charge is 0.501 e. The topological polar surface area (TPSA) is 56.8 Å². The maximum absolute atomic E-state index is 13.7. The molecule has 172 valence electrons. The predicted octanol–water partition coefficient (Wildman–Crippen LogP) is 4.72. The molecule has 0 heterocycles. The van der Waals surface area contributed by atoms with E-state index in [1.54, 1.807) is 0 Å². The third-order valence-corrected chi connectivity index (χ3v) is 7.09. The first kappa shape index (κ1) is 26.5. The molecule has 1 amide bonds. The quantitative estimate of drug-likeness (QED) is 0.172. The van der Waals surface area contributed by atoms with Gasteiger partial charge in [0.05, 0.1) is 0 Å². The Hall–Kier alpha value is -1.56. The minimum absolute atomic E-state index is 0.114. The van der Waals surface area contributed by atoms with Crippen LogP contribution in [0, 0.1) is 29.1 Å². The molecule has 0 bridgehead atoms. The smallest absolute Gasteiger partial charge is 0.371 e. The SMILES string of the molecule is CC(C)O[Si](CCCNC(=O)c1c(F)c(F)c(F)c(F)c1F)(OC(C)C)OC(C)C. The highest BCUT2D eigenvalue weighted by atomic mass is 28.4. The van der Waals surface area contributed by atoms with Gasteiger partial charge in [-0.2, -0.15) is 0 Å². The monoisotopic (exact) mass is 457 g/mol. The molecule has 0 atom stereocenters. The van der Waals surface area contributed by atoms with Crippen molar-refractivity contribution in [3.8, 4) is 0 Å². The van der Waals surface area contributed by atoms with E-state index >= 15 is 0 Å². The molecule has 11 heteroatoms. The molecule has 0 saturated heterocycles. The Morgan fingerprint density at radius 2 is 1.13 bits per heavy atom. The van der Waals surface area contributed by atoms with Crippen molar-refractivity contribution < 1.29 is 40.0 Å². The molecule has 0 fully saturated rings. The van der Waals surface area contributed by atoms with Gasteiger partial charge in [-0.3, -0.25) is 4.79 Å². The molecule has 0 unspecified atom stereocenters. The molecule has 5 nitrogen and oxygen atoms in total. The van der Waals surface area contributed by atoms with Gasteiger partial charge in [-0.05, 0) is 48.0 Å². The van der Waals surface area contributed by atoms with Gasteiger partial charge in [-0.15, -0.1) is 0 Å². The van der Waals surface area contributed by atoms with Crippen LogP contribution in [-0.2, 0) is 13.3 Å². The summed E-state index contributed by atoms with van der Waals surface area (Å²) in [7, 11) is -3.15. The summed E-state index contributed by atoms with van der Waals surface area (Å²) in [6, 6.07) is 0.277. The van der Waals surface area contributed by atoms with Crippen LogP contribution < -0.4 is 5.32 Å². The van der Waals surface area contributed by atoms with Crippen molar-refractivity contribution in [1.82, 2.24) is 5.32 Å². The zero-order valence-corrected chi connectivity index (χ0v) is 18.9. The Bertz CT molecular complexity index is 691. The first-order chi connectivity index (χ1) is 13.8. The summed E-state index contributed by atoms with van der Waals surface area (Å²) in [5.74, 6) is -12.4. The first-order valence-corrected chi connectivity index (χ1v) is 11.6. The zero-order valence-electron chi connectivity index (χ0n) is 17.9. The van der Waals surface area contributed by atoms with Gasteiger partial charge in [0.1, 0.15) is 5.56 Å². The van der Waals surface area contributed by atoms with E-state index in [4.69, 9.17) is 13.3 Å². The second-order valence-corrected chi connectivity index (χ2v) is 10.1. The summed E-state index contributed by atoms with van der Waals surface area (Å²) >= 11 is 0. The molecule has 1 rings (SSSR count). The van der Waals surface area contributed by atoms with Crippen LogP contribution in [0.4, 0.5) is 22.0 Å². The van der Waals surface area contributed by atoms with Gasteiger partial charge in [0.2, 0.25) is 5.82 Å². The Labute approximate surface area is 174 Å². The minimum Gasteiger partial charge on any atom is -0.371 e. The van der Waals surface area contributed by atoms with E-state index in [1.807, 2.05) is 41.5 Å². The van der Waals surface area contributed by atoms with Crippen molar-refractivity contribution in [3.63, 3.8) is 0 Å². The number of rotatable bonds is 11. The third-order valence-electron chi connectivity index (χ3n) is 3.63. The van der Waals surface area contributed by atoms with Gasteiger partial charge in [-0.25, -0.2) is 22.0 Å². The van der Waals surface area contributed by atoms with E-state index in [1.165, 1.54) is 0 Å². The van der Waals surface area contributed by atoms with Gasteiger partial charge in [0, 0.05) is 30.9 Å². The van der Waals surface area contributed by atoms with Crippen molar-refractivity contribution in [2.24, 2.45) is 0 Å². The molecular weight excluding hydrogens is 429 g/mol. The van der Waals surface area contributed by atoms with Crippen molar-refractivity contribution in [1.29, 1.82) is 0 Å². The molecule has 1 N–H and O–H groups in total. The van der Waals surface area contributed by atoms with Crippen LogP contribution >= 0.6 is 0 Å². The zero-order chi connectivity index (χ0) is 23.2. The maximum atomic E-state index is 13.7. The van der Waals surface area contributed by atoms with E-state index in [0.717, 1.165) is 0 Å². The van der Waals surface area contributed by atoms with Crippen molar-refractivity contribution in [2.75, 3.05) is 6.54 Å². The van der Waals surface area contributed by atoms with Crippen molar-refractivity contribution >= 4 is 14.7 Å². The lowest BCUT2D eigenvalue weighted by Gasteiger charge is -2.34. The van der Waals surface area contributed by atoms with Crippen molar-refractivity contribution in [3.05, 3.63) is 34.6 Å². The fourth-order valence-electron chi connectivity index (χ4n) is 2.74. The van der Waals surface area contributed by atoms with Gasteiger partial charge in [0.15, 0.2) is 23.3 Å². The first-order valence-electron chi connectivity index (χ1n) is 9.64. The summed E-state index contributed by atoms with van der Waals surface area (Å²) in [6.45, 7) is 10.8. The number of carbonyl (C=O) groups excluding carboxylic acids is 1. The van der Waals surface area contributed by atoms with Gasteiger partial charge < -0.3 is 18.6 Å². The predicted molar refractivity (Wildman–Crippen MR) is 102 cm³/mol. The van der Waals surface area contributed by atoms with Crippen LogP contribution in [0.1, 0.15) is 58.3 Å². The van der Waals surface area contributed by atoms with Gasteiger partial charge in [0.25, 0.3) is 5.91 Å². The Kier molecular flexibility index (Phi) is 9.85. The molecule has 1 aromatic rings. The molecule has 0 aromatic heterocycles. The van der Waals surface area contributed by atoms with E-state index < -0.39 is 49.4 Å². The average molecular weight is 458 g/mol. The second kappa shape index (κ2) is 11.2. The Morgan fingerprint density at radius 1 is 0.767 bits per heavy atom. The number of nitrogens with one attached hydrogen (secondary N) is 1. The Morgan fingerprint density at radius 3 is 1.50 bits per heavy atom. The normalized spacial score (nSPS) is 12.3. The molecule has 0 aliphatic heterocycles. The lowest BCUT2D eigenvalue weighted by molar-refractivity contribution is 0.00286. The molecule has 0 aliphatic carbocycles. The summed E-state index contributed by atoms with van der Waals surface area (Å²) in [6.07, 6.45) is -0.356. The molecule has 30 heavy (non-hydrogen) atoms. The molecule has 0 spiro atoms. The van der Waals surface area contributed by atoms with E-state index in [2.05, 4.69) is 5.32 Å². The van der Waals surface area contributed by atoms with Crippen LogP contribution in [0.15, 0.2) is 0 Å². The van der Waals surface area contributed by atoms with Crippen LogP contribution in [0.25, 0.3) is 0 Å². The fourth-order valence-corrected chi connectivity index (χ4v) is 6.02. The highest BCUT2D eigenvalue weighted by Crippen LogP contribution is 2.25. The molecule has 1 aromatic carbocycles. The number of halogens is 5. The van der Waals surface area contributed by atoms with E-state index in [0.29, 0.717) is 0 Å². The summed E-state index contributed by atoms with van der Waals surface area (Å²) in [5, 5.41) is 2.17. The number of amides is 1. The summed E-state index contributed by atoms with van der Waals surface area (Å²) in [5.41, 5.74) is -1.52. The highest BCUT2D eigenvalue weighted by Gasteiger charge is 2.43. The molecule has 0 saturated carbocycles. The van der Waals surface area contributed by atoms with E-state index in [-0.39, 0.29) is 37.3 Å². The lowest BCUT2D eigenvalue weighted by Crippen LogP contribution is -2.51. The fraction of sp³-hybridized carbons (Fsp3) is 0.632. The lowest BCUT2D eigenvalue weighted by atomic mass is 10.1. The minimum atomic E-state index is -3.15. The van der Waals surface area contributed by atoms with Crippen LogP contribution in [0.3, 0.4) is 0 Å². The molecule has 0 aliphatic rings. The van der Waals surface area contributed by atoms with E-state index in [9.17, 15) is 26.7 Å². The molecular formula is C19H28F5NO4Si. The van der Waals surface area contributed by atoms with Gasteiger partial charge >= 0.3 is 8.80 Å². The van der Waals surface area contributed by atoms with Crippen LogP contribution in [0.2, 0.25) is 6.04 Å². The number of hydrogen-bond donors (Lipinski definition) is 1. The average Bonchev–Trinajstić information content (AvgIpc) is 2.60. The second-order valence-electron chi connectivity index (χ2n) is 7.49. The van der Waals surface area contributed by atoms with Gasteiger partial charge in [-0.1, -0.05) is 0 Å². The Balaban J connectivity index is 2.89. The maximum Gasteiger partial charge on any atom is 0.501 e. The van der Waals surface area contributed by atoms with Crippen LogP contribution in [-0.4, -0.2) is 39.6 Å². The summed E-state index contributed by atoms with van der Waals surface area (Å²) < 4.78 is 85.0.